The maximum Gasteiger partial charge on any atom is 0.246 e. The standard InChI is InChI=1S/C12H16BrNO2S/c1-12(2,16)8-14(3)11(15)5-4-10-6-9(13)7-17-10/h4-7,16H,8H2,1-3H3/b5-4+. The van der Waals surface area contributed by atoms with Crippen molar-refractivity contribution in [2.45, 2.75) is 19.4 Å². The molecule has 0 aliphatic heterocycles. The smallest absolute Gasteiger partial charge is 0.246 e. The zero-order valence-corrected chi connectivity index (χ0v) is 12.5. The first kappa shape index (κ1) is 14.4. The number of carbonyl (C=O) groups excluding carboxylic acids is 1. The van der Waals surface area contributed by atoms with Gasteiger partial charge in [0.05, 0.1) is 5.60 Å². The third-order valence-corrected chi connectivity index (χ3v) is 3.64. The van der Waals surface area contributed by atoms with Crippen LogP contribution >= 0.6 is 27.3 Å². The predicted octanol–water partition coefficient (Wildman–Crippen LogP) is 2.75. The normalized spacial score (nSPS) is 12.1. The van der Waals surface area contributed by atoms with Crippen molar-refractivity contribution >= 4 is 39.2 Å². The van der Waals surface area contributed by atoms with Gasteiger partial charge < -0.3 is 10.0 Å². The minimum atomic E-state index is -0.871. The highest BCUT2D eigenvalue weighted by atomic mass is 79.9. The van der Waals surface area contributed by atoms with E-state index in [-0.39, 0.29) is 5.91 Å². The first-order valence-electron chi connectivity index (χ1n) is 5.17. The molecule has 0 bridgehead atoms. The molecular weight excluding hydrogens is 302 g/mol. The van der Waals surface area contributed by atoms with Gasteiger partial charge in [-0.05, 0) is 41.9 Å². The first-order chi connectivity index (χ1) is 7.78. The van der Waals surface area contributed by atoms with Crippen LogP contribution in [0.3, 0.4) is 0 Å². The molecule has 0 saturated heterocycles. The zero-order chi connectivity index (χ0) is 13.1. The van der Waals surface area contributed by atoms with Gasteiger partial charge in [0.2, 0.25) is 5.91 Å². The highest BCUT2D eigenvalue weighted by Crippen LogP contribution is 2.20. The molecular formula is C12H16BrNO2S. The van der Waals surface area contributed by atoms with Crippen molar-refractivity contribution in [2.24, 2.45) is 0 Å². The summed E-state index contributed by atoms with van der Waals surface area (Å²) in [7, 11) is 1.68. The Morgan fingerprint density at radius 1 is 1.65 bits per heavy atom. The molecule has 0 aliphatic carbocycles. The van der Waals surface area contributed by atoms with E-state index < -0.39 is 5.60 Å². The molecule has 5 heteroatoms. The molecule has 94 valence electrons. The van der Waals surface area contributed by atoms with Crippen LogP contribution in [0.2, 0.25) is 0 Å². The number of thiophene rings is 1. The average Bonchev–Trinajstić information content (AvgIpc) is 2.58. The second kappa shape index (κ2) is 5.80. The molecule has 0 aromatic carbocycles. The Kier molecular flexibility index (Phi) is 4.91. The molecule has 1 N–H and O–H groups in total. The third kappa shape index (κ3) is 5.48. The molecule has 1 aromatic heterocycles. The number of halogens is 1. The maximum atomic E-state index is 11.7. The fourth-order valence-electron chi connectivity index (χ4n) is 1.35. The van der Waals surface area contributed by atoms with Crippen LogP contribution in [-0.2, 0) is 4.79 Å². The molecule has 3 nitrogen and oxygen atoms in total. The van der Waals surface area contributed by atoms with E-state index >= 15 is 0 Å². The molecule has 0 aliphatic rings. The van der Waals surface area contributed by atoms with E-state index in [2.05, 4.69) is 15.9 Å². The molecule has 1 amide bonds. The molecule has 1 aromatic rings. The maximum absolute atomic E-state index is 11.7. The summed E-state index contributed by atoms with van der Waals surface area (Å²) >= 11 is 4.92. The Morgan fingerprint density at radius 3 is 2.76 bits per heavy atom. The van der Waals surface area contributed by atoms with Crippen LogP contribution in [0.1, 0.15) is 18.7 Å². The van der Waals surface area contributed by atoms with Crippen LogP contribution < -0.4 is 0 Å². The molecule has 1 rings (SSSR count). The number of nitrogens with zero attached hydrogens (tertiary/aromatic N) is 1. The van der Waals surface area contributed by atoms with Crippen molar-refractivity contribution in [1.82, 2.24) is 4.90 Å². The number of hydrogen-bond donors (Lipinski definition) is 1. The number of likely N-dealkylation sites (N-methyl/N-ethyl adjacent to an activating group) is 1. The number of carbonyl (C=O) groups is 1. The predicted molar refractivity (Wildman–Crippen MR) is 75.0 cm³/mol. The quantitative estimate of drug-likeness (QED) is 0.867. The summed E-state index contributed by atoms with van der Waals surface area (Å²) < 4.78 is 1.01. The van der Waals surface area contributed by atoms with Gasteiger partial charge in [-0.3, -0.25) is 4.79 Å². The number of hydrogen-bond acceptors (Lipinski definition) is 3. The van der Waals surface area contributed by atoms with Crippen molar-refractivity contribution in [2.75, 3.05) is 13.6 Å². The molecule has 17 heavy (non-hydrogen) atoms. The lowest BCUT2D eigenvalue weighted by Gasteiger charge is -2.24. The van der Waals surface area contributed by atoms with Gasteiger partial charge in [0.25, 0.3) is 0 Å². The van der Waals surface area contributed by atoms with Crippen LogP contribution in [0.5, 0.6) is 0 Å². The number of amides is 1. The molecule has 0 atom stereocenters. The fourth-order valence-corrected chi connectivity index (χ4v) is 2.69. The van der Waals surface area contributed by atoms with Crippen LogP contribution in [0, 0.1) is 0 Å². The fraction of sp³-hybridized carbons (Fsp3) is 0.417. The van der Waals surface area contributed by atoms with E-state index in [1.54, 1.807) is 38.3 Å². The van der Waals surface area contributed by atoms with Gasteiger partial charge in [-0.2, -0.15) is 0 Å². The van der Waals surface area contributed by atoms with Gasteiger partial charge in [0.15, 0.2) is 0 Å². The lowest BCUT2D eigenvalue weighted by atomic mass is 10.1. The Bertz CT molecular complexity index is 420. The Balaban J connectivity index is 2.57. The van der Waals surface area contributed by atoms with Crippen LogP contribution in [0.15, 0.2) is 22.0 Å². The highest BCUT2D eigenvalue weighted by Gasteiger charge is 2.17. The number of aliphatic hydroxyl groups is 1. The summed E-state index contributed by atoms with van der Waals surface area (Å²) in [6, 6.07) is 1.95. The molecule has 0 fully saturated rings. The summed E-state index contributed by atoms with van der Waals surface area (Å²) in [6.07, 6.45) is 3.29. The molecule has 1 heterocycles. The summed E-state index contributed by atoms with van der Waals surface area (Å²) in [5, 5.41) is 11.6. The Labute approximate surface area is 114 Å². The second-order valence-electron chi connectivity index (χ2n) is 4.51. The van der Waals surface area contributed by atoms with E-state index in [4.69, 9.17) is 0 Å². The van der Waals surface area contributed by atoms with Crippen molar-refractivity contribution in [3.63, 3.8) is 0 Å². The zero-order valence-electron chi connectivity index (χ0n) is 10.1. The second-order valence-corrected chi connectivity index (χ2v) is 6.37. The van der Waals surface area contributed by atoms with E-state index in [0.717, 1.165) is 9.35 Å². The van der Waals surface area contributed by atoms with Crippen molar-refractivity contribution in [3.05, 3.63) is 26.9 Å². The largest absolute Gasteiger partial charge is 0.389 e. The van der Waals surface area contributed by atoms with E-state index in [0.29, 0.717) is 6.54 Å². The monoisotopic (exact) mass is 317 g/mol. The van der Waals surface area contributed by atoms with Crippen molar-refractivity contribution in [1.29, 1.82) is 0 Å². The van der Waals surface area contributed by atoms with Gasteiger partial charge in [0, 0.05) is 34.4 Å². The van der Waals surface area contributed by atoms with Crippen molar-refractivity contribution < 1.29 is 9.90 Å². The molecule has 0 spiro atoms. The lowest BCUT2D eigenvalue weighted by Crippen LogP contribution is -2.38. The van der Waals surface area contributed by atoms with Crippen LogP contribution in [0.25, 0.3) is 6.08 Å². The molecule has 0 radical (unpaired) electrons. The van der Waals surface area contributed by atoms with Gasteiger partial charge in [0.1, 0.15) is 0 Å². The minimum absolute atomic E-state index is 0.114. The van der Waals surface area contributed by atoms with Gasteiger partial charge in [-0.25, -0.2) is 0 Å². The highest BCUT2D eigenvalue weighted by molar-refractivity contribution is 9.10. The van der Waals surface area contributed by atoms with Crippen LogP contribution in [0.4, 0.5) is 0 Å². The topological polar surface area (TPSA) is 40.5 Å². The van der Waals surface area contributed by atoms with Crippen molar-refractivity contribution in [3.8, 4) is 0 Å². The van der Waals surface area contributed by atoms with E-state index in [9.17, 15) is 9.90 Å². The number of rotatable bonds is 4. The van der Waals surface area contributed by atoms with E-state index in [1.807, 2.05) is 11.4 Å². The minimum Gasteiger partial charge on any atom is -0.389 e. The third-order valence-electron chi connectivity index (χ3n) is 1.98. The Hall–Kier alpha value is -0.650. The van der Waals surface area contributed by atoms with Gasteiger partial charge in [-0.15, -0.1) is 11.3 Å². The summed E-state index contributed by atoms with van der Waals surface area (Å²) in [5.74, 6) is -0.114. The summed E-state index contributed by atoms with van der Waals surface area (Å²) in [6.45, 7) is 3.66. The van der Waals surface area contributed by atoms with Gasteiger partial charge >= 0.3 is 0 Å². The van der Waals surface area contributed by atoms with Crippen LogP contribution in [-0.4, -0.2) is 35.1 Å². The summed E-state index contributed by atoms with van der Waals surface area (Å²) in [5.41, 5.74) is -0.871. The van der Waals surface area contributed by atoms with E-state index in [1.165, 1.54) is 11.0 Å². The average molecular weight is 318 g/mol. The lowest BCUT2D eigenvalue weighted by molar-refractivity contribution is -0.127. The first-order valence-corrected chi connectivity index (χ1v) is 6.85. The summed E-state index contributed by atoms with van der Waals surface area (Å²) in [4.78, 5) is 14.2. The SMILES string of the molecule is CN(CC(C)(C)O)C(=O)/C=C/c1cc(Br)cs1. The molecule has 0 unspecified atom stereocenters. The molecule has 0 saturated carbocycles. The van der Waals surface area contributed by atoms with Gasteiger partial charge in [-0.1, -0.05) is 0 Å². The Morgan fingerprint density at radius 2 is 2.29 bits per heavy atom.